The molecule has 0 bridgehead atoms. The van der Waals surface area contributed by atoms with Crippen molar-refractivity contribution in [3.63, 3.8) is 0 Å². The van der Waals surface area contributed by atoms with Crippen molar-refractivity contribution in [3.8, 4) is 6.07 Å². The Bertz CT molecular complexity index is 719. The maximum atomic E-state index is 12.5. The third-order valence-corrected chi connectivity index (χ3v) is 4.39. The quantitative estimate of drug-likeness (QED) is 0.889. The number of benzene rings is 2. The van der Waals surface area contributed by atoms with Gasteiger partial charge in [-0.05, 0) is 49.1 Å². The fraction of sp³-hybridized carbons (Fsp3) is 0.300. The molecule has 1 fully saturated rings. The largest absolute Gasteiger partial charge is 0.374 e. The van der Waals surface area contributed by atoms with E-state index in [0.29, 0.717) is 5.56 Å². The molecule has 1 N–H and O–H groups in total. The van der Waals surface area contributed by atoms with Crippen LogP contribution in [0.25, 0.3) is 0 Å². The summed E-state index contributed by atoms with van der Waals surface area (Å²) in [5, 5.41) is 12.1. The van der Waals surface area contributed by atoms with E-state index >= 15 is 0 Å². The maximum absolute atomic E-state index is 12.5. The van der Waals surface area contributed by atoms with Crippen LogP contribution in [0.5, 0.6) is 0 Å². The summed E-state index contributed by atoms with van der Waals surface area (Å²) in [6.07, 6.45) is 2.81. The van der Waals surface area contributed by atoms with Gasteiger partial charge in [-0.25, -0.2) is 0 Å². The monoisotopic (exact) mass is 319 g/mol. The third kappa shape index (κ3) is 3.94. The molecule has 0 saturated carbocycles. The van der Waals surface area contributed by atoms with E-state index in [9.17, 15) is 4.79 Å². The van der Waals surface area contributed by atoms with E-state index in [1.165, 1.54) is 5.56 Å². The van der Waals surface area contributed by atoms with Crippen LogP contribution in [-0.2, 0) is 11.2 Å². The number of rotatable bonds is 6. The molecule has 0 aliphatic carbocycles. The number of likely N-dealkylation sites (tertiary alicyclic amines) is 1. The minimum atomic E-state index is -0.158. The number of carbonyl (C=O) groups excluding carboxylic acids is 1. The van der Waals surface area contributed by atoms with Gasteiger partial charge in [0.15, 0.2) is 0 Å². The highest BCUT2D eigenvalue weighted by Gasteiger charge is 2.30. The number of nitrogens with zero attached hydrogens (tertiary/aromatic N) is 2. The van der Waals surface area contributed by atoms with Crippen molar-refractivity contribution in [1.29, 1.82) is 5.26 Å². The third-order valence-electron chi connectivity index (χ3n) is 4.39. The molecule has 1 unspecified atom stereocenters. The first-order valence-electron chi connectivity index (χ1n) is 8.35. The standard InChI is InChI=1S/C20H21N3O/c21-15-17-8-10-18(11-9-17)22-19-12-14-23(20(19)24)13-4-7-16-5-2-1-3-6-16/h1-3,5-6,8-11,19,22H,4,7,12-14H2. The van der Waals surface area contributed by atoms with E-state index in [-0.39, 0.29) is 11.9 Å². The van der Waals surface area contributed by atoms with Crippen molar-refractivity contribution in [1.82, 2.24) is 4.90 Å². The average Bonchev–Trinajstić information content (AvgIpc) is 2.97. The number of aryl methyl sites for hydroxylation is 1. The Morgan fingerprint density at radius 1 is 1.12 bits per heavy atom. The Labute approximate surface area is 142 Å². The van der Waals surface area contributed by atoms with Gasteiger partial charge in [0, 0.05) is 18.8 Å². The van der Waals surface area contributed by atoms with Crippen molar-refractivity contribution in [2.75, 3.05) is 18.4 Å². The second kappa shape index (κ2) is 7.65. The molecule has 0 aromatic heterocycles. The van der Waals surface area contributed by atoms with Crippen molar-refractivity contribution >= 4 is 11.6 Å². The van der Waals surface area contributed by atoms with Gasteiger partial charge in [-0.15, -0.1) is 0 Å². The van der Waals surface area contributed by atoms with Crippen LogP contribution >= 0.6 is 0 Å². The van der Waals surface area contributed by atoms with Crippen molar-refractivity contribution in [3.05, 3.63) is 65.7 Å². The zero-order chi connectivity index (χ0) is 16.8. The van der Waals surface area contributed by atoms with E-state index in [0.717, 1.165) is 38.0 Å². The fourth-order valence-corrected chi connectivity index (χ4v) is 3.06. The maximum Gasteiger partial charge on any atom is 0.245 e. The SMILES string of the molecule is N#Cc1ccc(NC2CCN(CCCc3ccccc3)C2=O)cc1. The molecule has 2 aromatic rings. The molecule has 24 heavy (non-hydrogen) atoms. The highest BCUT2D eigenvalue weighted by Crippen LogP contribution is 2.18. The van der Waals surface area contributed by atoms with Crippen molar-refractivity contribution in [2.45, 2.75) is 25.3 Å². The molecule has 1 aliphatic rings. The zero-order valence-electron chi connectivity index (χ0n) is 13.6. The Hall–Kier alpha value is -2.80. The summed E-state index contributed by atoms with van der Waals surface area (Å²) in [6.45, 7) is 1.61. The molecular formula is C20H21N3O. The Morgan fingerprint density at radius 3 is 2.58 bits per heavy atom. The summed E-state index contributed by atoms with van der Waals surface area (Å²) in [6, 6.07) is 19.5. The van der Waals surface area contributed by atoms with Gasteiger partial charge in [-0.2, -0.15) is 5.26 Å². The molecule has 1 heterocycles. The van der Waals surface area contributed by atoms with E-state index in [1.54, 1.807) is 12.1 Å². The minimum Gasteiger partial charge on any atom is -0.374 e. The molecule has 122 valence electrons. The van der Waals surface area contributed by atoms with Crippen LogP contribution in [0.15, 0.2) is 54.6 Å². The number of hydrogen-bond acceptors (Lipinski definition) is 3. The van der Waals surface area contributed by atoms with Crippen molar-refractivity contribution < 1.29 is 4.79 Å². The molecule has 0 spiro atoms. The summed E-state index contributed by atoms with van der Waals surface area (Å²) in [7, 11) is 0. The fourth-order valence-electron chi connectivity index (χ4n) is 3.06. The van der Waals surface area contributed by atoms with E-state index in [1.807, 2.05) is 35.2 Å². The van der Waals surface area contributed by atoms with Gasteiger partial charge in [-0.1, -0.05) is 30.3 Å². The van der Waals surface area contributed by atoms with Gasteiger partial charge in [0.25, 0.3) is 0 Å². The number of nitrogens with one attached hydrogen (secondary N) is 1. The van der Waals surface area contributed by atoms with Gasteiger partial charge in [-0.3, -0.25) is 4.79 Å². The molecule has 1 amide bonds. The number of carbonyl (C=O) groups is 1. The van der Waals surface area contributed by atoms with Crippen LogP contribution in [0.2, 0.25) is 0 Å². The Morgan fingerprint density at radius 2 is 1.88 bits per heavy atom. The zero-order valence-corrected chi connectivity index (χ0v) is 13.6. The van der Waals surface area contributed by atoms with E-state index in [4.69, 9.17) is 5.26 Å². The molecule has 4 heteroatoms. The summed E-state index contributed by atoms with van der Waals surface area (Å²) < 4.78 is 0. The van der Waals surface area contributed by atoms with Crippen LogP contribution in [0.3, 0.4) is 0 Å². The van der Waals surface area contributed by atoms with Gasteiger partial charge in [0.2, 0.25) is 5.91 Å². The first kappa shape index (κ1) is 16.1. The lowest BCUT2D eigenvalue weighted by molar-refractivity contribution is -0.128. The minimum absolute atomic E-state index is 0.158. The predicted octanol–water partition coefficient (Wildman–Crippen LogP) is 3.20. The van der Waals surface area contributed by atoms with E-state index in [2.05, 4.69) is 23.5 Å². The lowest BCUT2D eigenvalue weighted by atomic mass is 10.1. The normalized spacial score (nSPS) is 16.9. The number of amides is 1. The van der Waals surface area contributed by atoms with Crippen molar-refractivity contribution in [2.24, 2.45) is 0 Å². The molecule has 2 aromatic carbocycles. The van der Waals surface area contributed by atoms with Crippen LogP contribution in [0, 0.1) is 11.3 Å². The smallest absolute Gasteiger partial charge is 0.245 e. The predicted molar refractivity (Wildman–Crippen MR) is 94.5 cm³/mol. The van der Waals surface area contributed by atoms with Gasteiger partial charge in [0.05, 0.1) is 11.6 Å². The first-order valence-corrected chi connectivity index (χ1v) is 8.35. The molecular weight excluding hydrogens is 298 g/mol. The topological polar surface area (TPSA) is 56.1 Å². The van der Waals surface area contributed by atoms with Crippen LogP contribution in [0.4, 0.5) is 5.69 Å². The highest BCUT2D eigenvalue weighted by atomic mass is 16.2. The summed E-state index contributed by atoms with van der Waals surface area (Å²) in [5.74, 6) is 0.174. The summed E-state index contributed by atoms with van der Waals surface area (Å²) in [4.78, 5) is 14.4. The van der Waals surface area contributed by atoms with E-state index < -0.39 is 0 Å². The second-order valence-electron chi connectivity index (χ2n) is 6.09. The molecule has 1 aliphatic heterocycles. The van der Waals surface area contributed by atoms with Crippen LogP contribution in [-0.4, -0.2) is 29.9 Å². The molecule has 4 nitrogen and oxygen atoms in total. The number of anilines is 1. The Kier molecular flexibility index (Phi) is 5.12. The lowest BCUT2D eigenvalue weighted by Gasteiger charge is -2.17. The first-order chi connectivity index (χ1) is 11.8. The van der Waals surface area contributed by atoms with Gasteiger partial charge < -0.3 is 10.2 Å². The lowest BCUT2D eigenvalue weighted by Crippen LogP contribution is -2.34. The molecule has 1 atom stereocenters. The molecule has 1 saturated heterocycles. The average molecular weight is 319 g/mol. The summed E-state index contributed by atoms with van der Waals surface area (Å²) in [5.41, 5.74) is 2.83. The Balaban J connectivity index is 1.48. The highest BCUT2D eigenvalue weighted by molar-refractivity contribution is 5.86. The van der Waals surface area contributed by atoms with Gasteiger partial charge >= 0.3 is 0 Å². The van der Waals surface area contributed by atoms with Crippen LogP contribution < -0.4 is 5.32 Å². The van der Waals surface area contributed by atoms with Gasteiger partial charge in [0.1, 0.15) is 6.04 Å². The second-order valence-corrected chi connectivity index (χ2v) is 6.09. The molecule has 3 rings (SSSR count). The number of hydrogen-bond donors (Lipinski definition) is 1. The van der Waals surface area contributed by atoms with Crippen LogP contribution in [0.1, 0.15) is 24.0 Å². The number of nitriles is 1. The molecule has 0 radical (unpaired) electrons. The summed E-state index contributed by atoms with van der Waals surface area (Å²) >= 11 is 0.